The van der Waals surface area contributed by atoms with Crippen molar-refractivity contribution in [3.8, 4) is 5.75 Å². The maximum atomic E-state index is 12.7. The summed E-state index contributed by atoms with van der Waals surface area (Å²) in [6.45, 7) is 1.65. The first kappa shape index (κ1) is 16.6. The molecule has 2 unspecified atom stereocenters. The number of carbonyl (C=O) groups excluding carboxylic acids is 3. The molecular formula is C15H14N4O6. The molecule has 0 spiro atoms. The number of benzene rings is 1. The Morgan fingerprint density at radius 1 is 1.24 bits per heavy atom. The molecule has 0 radical (unpaired) electrons. The number of hydrazone groups is 1. The standard InChI is InChI=1S/C15H14N4O6/c1-3-25-15(22)11-10-12(19(16-11)17-23)14(21)18(13(10)20)8-4-6-9(24-2)7-5-8/h4-7,10,12H,3H2,1-2H3. The minimum atomic E-state index is -1.29. The zero-order valence-electron chi connectivity index (χ0n) is 13.4. The van der Waals surface area contributed by atoms with E-state index in [0.29, 0.717) is 16.6 Å². The number of anilines is 1. The van der Waals surface area contributed by atoms with Crippen molar-refractivity contribution in [2.75, 3.05) is 18.6 Å². The van der Waals surface area contributed by atoms with Gasteiger partial charge in [0.15, 0.2) is 11.8 Å². The largest absolute Gasteiger partial charge is 0.497 e. The van der Waals surface area contributed by atoms with Gasteiger partial charge in [0, 0.05) is 0 Å². The van der Waals surface area contributed by atoms with E-state index in [-0.39, 0.29) is 12.3 Å². The van der Waals surface area contributed by atoms with E-state index in [2.05, 4.69) is 10.4 Å². The molecule has 10 heteroatoms. The molecule has 130 valence electrons. The van der Waals surface area contributed by atoms with E-state index in [4.69, 9.17) is 9.47 Å². The average Bonchev–Trinajstić information content (AvgIpc) is 3.12. The summed E-state index contributed by atoms with van der Waals surface area (Å²) in [5.41, 5.74) is -0.0138. The molecule has 0 aliphatic carbocycles. The van der Waals surface area contributed by atoms with E-state index in [1.54, 1.807) is 19.1 Å². The molecule has 2 atom stereocenters. The van der Waals surface area contributed by atoms with Crippen LogP contribution in [0.1, 0.15) is 6.92 Å². The fraction of sp³-hybridized carbons (Fsp3) is 0.333. The second-order valence-electron chi connectivity index (χ2n) is 5.24. The Hall–Kier alpha value is -3.30. The van der Waals surface area contributed by atoms with Gasteiger partial charge in [-0.3, -0.25) is 9.59 Å². The van der Waals surface area contributed by atoms with Gasteiger partial charge in [0.05, 0.1) is 24.7 Å². The van der Waals surface area contributed by atoms with Gasteiger partial charge in [0.1, 0.15) is 11.7 Å². The normalized spacial score (nSPS) is 21.9. The zero-order chi connectivity index (χ0) is 18.1. The molecule has 2 amide bonds. The summed E-state index contributed by atoms with van der Waals surface area (Å²) in [7, 11) is 1.49. The van der Waals surface area contributed by atoms with Gasteiger partial charge in [-0.1, -0.05) is 0 Å². The maximum absolute atomic E-state index is 12.7. The third-order valence-electron chi connectivity index (χ3n) is 3.93. The first-order chi connectivity index (χ1) is 12.0. The molecule has 3 rings (SSSR count). The highest BCUT2D eigenvalue weighted by Gasteiger charge is 2.59. The lowest BCUT2D eigenvalue weighted by Crippen LogP contribution is -2.36. The van der Waals surface area contributed by atoms with E-state index in [1.807, 2.05) is 0 Å². The zero-order valence-corrected chi connectivity index (χ0v) is 13.4. The summed E-state index contributed by atoms with van der Waals surface area (Å²) >= 11 is 0. The highest BCUT2D eigenvalue weighted by molar-refractivity contribution is 6.46. The number of imide groups is 1. The van der Waals surface area contributed by atoms with Gasteiger partial charge in [0.2, 0.25) is 5.91 Å². The van der Waals surface area contributed by atoms with Crippen LogP contribution in [0, 0.1) is 10.8 Å². The van der Waals surface area contributed by atoms with Crippen molar-refractivity contribution in [1.82, 2.24) is 5.12 Å². The van der Waals surface area contributed by atoms with Gasteiger partial charge in [-0.15, -0.1) is 15.1 Å². The fourth-order valence-corrected chi connectivity index (χ4v) is 2.82. The number of fused-ring (bicyclic) bond motifs is 1. The smallest absolute Gasteiger partial charge is 0.355 e. The summed E-state index contributed by atoms with van der Waals surface area (Å²) in [5, 5.41) is 6.85. The highest BCUT2D eigenvalue weighted by Crippen LogP contribution is 2.35. The van der Waals surface area contributed by atoms with E-state index < -0.39 is 29.7 Å². The fourth-order valence-electron chi connectivity index (χ4n) is 2.82. The highest BCUT2D eigenvalue weighted by atomic mass is 16.5. The molecule has 10 nitrogen and oxygen atoms in total. The molecule has 0 bridgehead atoms. The topological polar surface area (TPSA) is 118 Å². The third-order valence-corrected chi connectivity index (χ3v) is 3.93. The van der Waals surface area contributed by atoms with Crippen LogP contribution < -0.4 is 9.64 Å². The Labute approximate surface area is 141 Å². The lowest BCUT2D eigenvalue weighted by atomic mass is 9.98. The van der Waals surface area contributed by atoms with Crippen LogP contribution in [-0.2, 0) is 19.1 Å². The van der Waals surface area contributed by atoms with Crippen LogP contribution in [0.15, 0.2) is 34.7 Å². The summed E-state index contributed by atoms with van der Waals surface area (Å²) in [6, 6.07) is 4.93. The summed E-state index contributed by atoms with van der Waals surface area (Å²) in [5.74, 6) is -2.90. The molecule has 1 saturated heterocycles. The van der Waals surface area contributed by atoms with E-state index in [1.165, 1.54) is 19.2 Å². The Morgan fingerprint density at radius 2 is 1.92 bits per heavy atom. The van der Waals surface area contributed by atoms with Crippen molar-refractivity contribution in [2.45, 2.75) is 13.0 Å². The van der Waals surface area contributed by atoms with Crippen molar-refractivity contribution >= 4 is 29.2 Å². The summed E-state index contributed by atoms with van der Waals surface area (Å²) in [6.07, 6.45) is 0. The first-order valence-corrected chi connectivity index (χ1v) is 7.43. The number of amides is 2. The van der Waals surface area contributed by atoms with E-state index in [0.717, 1.165) is 4.90 Å². The number of nitrogens with zero attached hydrogens (tertiary/aromatic N) is 4. The van der Waals surface area contributed by atoms with Crippen molar-refractivity contribution < 1.29 is 23.9 Å². The second-order valence-corrected chi connectivity index (χ2v) is 5.24. The summed E-state index contributed by atoms with van der Waals surface area (Å²) in [4.78, 5) is 49.3. The molecular weight excluding hydrogens is 332 g/mol. The van der Waals surface area contributed by atoms with Crippen LogP contribution in [0.4, 0.5) is 5.69 Å². The summed E-state index contributed by atoms with van der Waals surface area (Å²) < 4.78 is 9.88. The van der Waals surface area contributed by atoms with Crippen molar-refractivity contribution in [3.05, 3.63) is 29.2 Å². The Balaban J connectivity index is 1.97. The third kappa shape index (κ3) is 2.51. The quantitative estimate of drug-likeness (QED) is 0.432. The Bertz CT molecular complexity index is 775. The van der Waals surface area contributed by atoms with Gasteiger partial charge in [-0.25, -0.2) is 9.69 Å². The average molecular weight is 346 g/mol. The van der Waals surface area contributed by atoms with Crippen molar-refractivity contribution in [3.63, 3.8) is 0 Å². The van der Waals surface area contributed by atoms with Gasteiger partial charge in [-0.2, -0.15) is 0 Å². The monoisotopic (exact) mass is 346 g/mol. The maximum Gasteiger partial charge on any atom is 0.355 e. The number of nitroso groups, excluding NO2 is 1. The number of ether oxygens (including phenoxy) is 2. The van der Waals surface area contributed by atoms with Crippen LogP contribution in [0.25, 0.3) is 0 Å². The van der Waals surface area contributed by atoms with Gasteiger partial charge in [0.25, 0.3) is 5.91 Å². The lowest BCUT2D eigenvalue weighted by molar-refractivity contribution is -0.136. The molecule has 25 heavy (non-hydrogen) atoms. The molecule has 2 heterocycles. The molecule has 1 fully saturated rings. The van der Waals surface area contributed by atoms with Gasteiger partial charge in [-0.05, 0) is 31.2 Å². The number of esters is 1. The van der Waals surface area contributed by atoms with Crippen LogP contribution in [0.2, 0.25) is 0 Å². The molecule has 1 aromatic carbocycles. The van der Waals surface area contributed by atoms with E-state index >= 15 is 0 Å². The number of hydrogen-bond acceptors (Lipinski definition) is 8. The Kier molecular flexibility index (Phi) is 4.17. The number of methoxy groups -OCH3 is 1. The molecule has 2 aliphatic heterocycles. The predicted octanol–water partition coefficient (Wildman–Crippen LogP) is 0.469. The van der Waals surface area contributed by atoms with Crippen molar-refractivity contribution in [2.24, 2.45) is 16.3 Å². The van der Waals surface area contributed by atoms with E-state index in [9.17, 15) is 19.3 Å². The first-order valence-electron chi connectivity index (χ1n) is 7.43. The molecule has 0 saturated carbocycles. The second kappa shape index (κ2) is 6.30. The van der Waals surface area contributed by atoms with Crippen LogP contribution >= 0.6 is 0 Å². The molecule has 1 aromatic rings. The molecule has 0 aromatic heterocycles. The SMILES string of the molecule is CCOC(=O)C1=NN(N=O)C2C(=O)N(c3ccc(OC)cc3)C(=O)C12. The van der Waals surface area contributed by atoms with Gasteiger partial charge < -0.3 is 9.47 Å². The van der Waals surface area contributed by atoms with Crippen LogP contribution in [-0.4, -0.2) is 48.4 Å². The van der Waals surface area contributed by atoms with Crippen molar-refractivity contribution in [1.29, 1.82) is 0 Å². The predicted molar refractivity (Wildman–Crippen MR) is 84.5 cm³/mol. The number of rotatable bonds is 5. The van der Waals surface area contributed by atoms with Gasteiger partial charge >= 0.3 is 5.97 Å². The molecule has 0 N–H and O–H groups in total. The minimum Gasteiger partial charge on any atom is -0.497 e. The lowest BCUT2D eigenvalue weighted by Gasteiger charge is -2.17. The minimum absolute atomic E-state index is 0.0636. The van der Waals surface area contributed by atoms with Crippen LogP contribution in [0.3, 0.4) is 0 Å². The van der Waals surface area contributed by atoms with Crippen LogP contribution in [0.5, 0.6) is 5.75 Å². The molecule has 2 aliphatic rings. The Morgan fingerprint density at radius 3 is 2.48 bits per heavy atom. The number of carbonyl (C=O) groups is 3. The number of hydrogen-bond donors (Lipinski definition) is 0.